The number of aromatic nitrogens is 1. The minimum atomic E-state index is -0.309. The highest BCUT2D eigenvalue weighted by molar-refractivity contribution is 7.11. The molecule has 4 rings (SSSR count). The number of ketones is 1. The summed E-state index contributed by atoms with van der Waals surface area (Å²) in [5.74, 6) is 0.180. The molecule has 2 aromatic rings. The maximum absolute atomic E-state index is 14.4. The first-order valence-electron chi connectivity index (χ1n) is 11.1. The summed E-state index contributed by atoms with van der Waals surface area (Å²) in [5.41, 5.74) is 4.25. The highest BCUT2D eigenvalue weighted by atomic mass is 32.1. The van der Waals surface area contributed by atoms with Gasteiger partial charge in [-0.05, 0) is 55.5 Å². The second-order valence-electron chi connectivity index (χ2n) is 8.91. The Morgan fingerprint density at radius 3 is 2.61 bits per heavy atom. The Bertz CT molecular complexity index is 941. The summed E-state index contributed by atoms with van der Waals surface area (Å²) in [7, 11) is 0. The van der Waals surface area contributed by atoms with Gasteiger partial charge in [-0.1, -0.05) is 12.8 Å². The molecule has 0 bridgehead atoms. The zero-order valence-corrected chi connectivity index (χ0v) is 19.1. The van der Waals surface area contributed by atoms with Gasteiger partial charge in [-0.3, -0.25) is 19.5 Å². The van der Waals surface area contributed by atoms with E-state index >= 15 is 0 Å². The molecule has 2 aliphatic rings. The van der Waals surface area contributed by atoms with Crippen LogP contribution in [-0.2, 0) is 17.8 Å². The summed E-state index contributed by atoms with van der Waals surface area (Å²) >= 11 is 1.31. The highest BCUT2D eigenvalue weighted by Gasteiger charge is 2.33. The van der Waals surface area contributed by atoms with E-state index in [1.165, 1.54) is 17.4 Å². The van der Waals surface area contributed by atoms with Gasteiger partial charge in [0.05, 0.1) is 10.4 Å². The lowest BCUT2D eigenvalue weighted by atomic mass is 9.97. The summed E-state index contributed by atoms with van der Waals surface area (Å²) in [6.45, 7) is 6.99. The molecule has 7 heteroatoms. The summed E-state index contributed by atoms with van der Waals surface area (Å²) < 4.78 is 14.4. The molecule has 2 heterocycles. The molecule has 5 nitrogen and oxygen atoms in total. The number of hydrogen-bond acceptors (Lipinski definition) is 5. The van der Waals surface area contributed by atoms with Crippen LogP contribution >= 0.6 is 11.3 Å². The average molecular weight is 444 g/mol. The van der Waals surface area contributed by atoms with Crippen molar-refractivity contribution in [1.29, 1.82) is 0 Å². The van der Waals surface area contributed by atoms with Gasteiger partial charge in [-0.25, -0.2) is 4.39 Å². The topological polar surface area (TPSA) is 53.5 Å². The fourth-order valence-electron chi connectivity index (χ4n) is 4.91. The number of rotatable bonds is 6. The Morgan fingerprint density at radius 2 is 1.94 bits per heavy atom. The van der Waals surface area contributed by atoms with Gasteiger partial charge in [0.1, 0.15) is 5.82 Å². The number of Topliss-reactive ketones (excluding diaryl/α,β-unsaturated/α-hetero) is 1. The zero-order valence-electron chi connectivity index (χ0n) is 18.3. The molecule has 166 valence electrons. The largest absolute Gasteiger partial charge is 0.337 e. The quantitative estimate of drug-likeness (QED) is 0.627. The molecule has 1 atom stereocenters. The number of amides is 1. The SMILES string of the molecule is Cc1c(CC(=O)c2cncs2)cc(F)cc1CN1CCN(C(=O)C2CCCC2)[C@@H](C)C1. The van der Waals surface area contributed by atoms with Crippen molar-refractivity contribution >= 4 is 23.0 Å². The number of nitrogens with zero attached hydrogens (tertiary/aromatic N) is 3. The predicted octanol–water partition coefficient (Wildman–Crippen LogP) is 4.24. The van der Waals surface area contributed by atoms with Crippen molar-refractivity contribution in [2.75, 3.05) is 19.6 Å². The fraction of sp³-hybridized carbons (Fsp3) is 0.542. The number of hydrogen-bond donors (Lipinski definition) is 0. The molecular weight excluding hydrogens is 413 g/mol. The number of carbonyl (C=O) groups is 2. The first kappa shape index (κ1) is 22.1. The number of halogens is 1. The highest BCUT2D eigenvalue weighted by Crippen LogP contribution is 2.28. The van der Waals surface area contributed by atoms with E-state index in [0.29, 0.717) is 17.3 Å². The van der Waals surface area contributed by atoms with Crippen LogP contribution in [0.3, 0.4) is 0 Å². The van der Waals surface area contributed by atoms with Crippen LogP contribution in [-0.4, -0.2) is 52.2 Å². The van der Waals surface area contributed by atoms with Crippen LogP contribution in [0.4, 0.5) is 4.39 Å². The standard InChI is InChI=1S/C24H30FN3O2S/c1-16-13-27(7-8-28(16)24(30)18-5-3-4-6-18)14-20-10-21(25)9-19(17(20)2)11-22(29)23-12-26-15-31-23/h9-10,12,15-16,18H,3-8,11,13-14H2,1-2H3/t16-/m0/s1. The van der Waals surface area contributed by atoms with E-state index < -0.39 is 0 Å². The van der Waals surface area contributed by atoms with E-state index in [9.17, 15) is 14.0 Å². The summed E-state index contributed by atoms with van der Waals surface area (Å²) in [6, 6.07) is 3.21. The van der Waals surface area contributed by atoms with Gasteiger partial charge in [0.25, 0.3) is 0 Å². The monoisotopic (exact) mass is 443 g/mol. The average Bonchev–Trinajstić information content (AvgIpc) is 3.45. The normalized spacial score (nSPS) is 20.4. The molecule has 1 saturated heterocycles. The fourth-order valence-corrected chi connectivity index (χ4v) is 5.47. The van der Waals surface area contributed by atoms with Gasteiger partial charge in [0.15, 0.2) is 5.78 Å². The molecule has 0 unspecified atom stereocenters. The molecule has 31 heavy (non-hydrogen) atoms. The van der Waals surface area contributed by atoms with Gasteiger partial charge in [-0.15, -0.1) is 11.3 Å². The summed E-state index contributed by atoms with van der Waals surface area (Å²) in [5, 5.41) is 0. The minimum absolute atomic E-state index is 0.0326. The van der Waals surface area contributed by atoms with E-state index in [-0.39, 0.29) is 30.0 Å². The Balaban J connectivity index is 1.42. The third kappa shape index (κ3) is 5.04. The summed E-state index contributed by atoms with van der Waals surface area (Å²) in [4.78, 5) is 34.2. The van der Waals surface area contributed by atoms with Gasteiger partial charge in [0.2, 0.25) is 5.91 Å². The molecule has 0 N–H and O–H groups in total. The van der Waals surface area contributed by atoms with E-state index in [2.05, 4.69) is 16.8 Å². The Morgan fingerprint density at radius 1 is 1.19 bits per heavy atom. The zero-order chi connectivity index (χ0) is 22.0. The predicted molar refractivity (Wildman–Crippen MR) is 120 cm³/mol. The maximum Gasteiger partial charge on any atom is 0.226 e. The molecule has 1 aromatic heterocycles. The van der Waals surface area contributed by atoms with E-state index in [1.807, 2.05) is 11.8 Å². The molecule has 1 aromatic carbocycles. The van der Waals surface area contributed by atoms with E-state index in [4.69, 9.17) is 0 Å². The minimum Gasteiger partial charge on any atom is -0.337 e. The lowest BCUT2D eigenvalue weighted by Gasteiger charge is -2.41. The van der Waals surface area contributed by atoms with Crippen molar-refractivity contribution in [2.45, 2.75) is 58.5 Å². The van der Waals surface area contributed by atoms with Crippen LogP contribution < -0.4 is 0 Å². The van der Waals surface area contributed by atoms with Crippen molar-refractivity contribution in [3.63, 3.8) is 0 Å². The molecule has 1 saturated carbocycles. The van der Waals surface area contributed by atoms with Crippen LogP contribution in [0, 0.1) is 18.7 Å². The Kier molecular flexibility index (Phi) is 6.82. The second-order valence-corrected chi connectivity index (χ2v) is 9.80. The van der Waals surface area contributed by atoms with Crippen LogP contribution in [0.2, 0.25) is 0 Å². The van der Waals surface area contributed by atoms with Crippen LogP contribution in [0.5, 0.6) is 0 Å². The molecule has 0 radical (unpaired) electrons. The Labute approximate surface area is 187 Å². The van der Waals surface area contributed by atoms with Gasteiger partial charge >= 0.3 is 0 Å². The number of thiazole rings is 1. The number of carbonyl (C=O) groups excluding carboxylic acids is 2. The van der Waals surface area contributed by atoms with E-state index in [0.717, 1.165) is 62.0 Å². The third-order valence-corrected chi connectivity index (χ3v) is 7.55. The van der Waals surface area contributed by atoms with Crippen LogP contribution in [0.15, 0.2) is 23.8 Å². The van der Waals surface area contributed by atoms with Crippen molar-refractivity contribution in [3.05, 3.63) is 51.2 Å². The Hall–Kier alpha value is -2.12. The third-order valence-electron chi connectivity index (χ3n) is 6.74. The van der Waals surface area contributed by atoms with Crippen LogP contribution in [0.25, 0.3) is 0 Å². The lowest BCUT2D eigenvalue weighted by molar-refractivity contribution is -0.140. The molecular formula is C24H30FN3O2S. The summed E-state index contributed by atoms with van der Waals surface area (Å²) in [6.07, 6.45) is 6.12. The van der Waals surface area contributed by atoms with Crippen molar-refractivity contribution in [2.24, 2.45) is 5.92 Å². The van der Waals surface area contributed by atoms with Crippen molar-refractivity contribution in [1.82, 2.24) is 14.8 Å². The van der Waals surface area contributed by atoms with E-state index in [1.54, 1.807) is 17.8 Å². The number of benzene rings is 1. The smallest absolute Gasteiger partial charge is 0.226 e. The van der Waals surface area contributed by atoms with Gasteiger partial charge < -0.3 is 4.90 Å². The molecule has 1 amide bonds. The van der Waals surface area contributed by atoms with Crippen LogP contribution in [0.1, 0.15) is 59.0 Å². The first-order chi connectivity index (χ1) is 14.9. The second kappa shape index (κ2) is 9.57. The maximum atomic E-state index is 14.4. The number of piperazine rings is 1. The lowest BCUT2D eigenvalue weighted by Crippen LogP contribution is -2.54. The van der Waals surface area contributed by atoms with Crippen molar-refractivity contribution < 1.29 is 14.0 Å². The molecule has 1 aliphatic carbocycles. The molecule has 2 fully saturated rings. The van der Waals surface area contributed by atoms with Crippen molar-refractivity contribution in [3.8, 4) is 0 Å². The van der Waals surface area contributed by atoms with Gasteiger partial charge in [-0.2, -0.15) is 0 Å². The van der Waals surface area contributed by atoms with Gasteiger partial charge in [0, 0.05) is 50.8 Å². The molecule has 0 spiro atoms. The molecule has 1 aliphatic heterocycles. The first-order valence-corrected chi connectivity index (χ1v) is 12.0.